The van der Waals surface area contributed by atoms with Crippen molar-refractivity contribution in [3.63, 3.8) is 0 Å². The molecule has 3 nitrogen and oxygen atoms in total. The van der Waals surface area contributed by atoms with Crippen molar-refractivity contribution in [2.75, 3.05) is 0 Å². The summed E-state index contributed by atoms with van der Waals surface area (Å²) in [5.41, 5.74) is 2.76. The van der Waals surface area contributed by atoms with Crippen LogP contribution < -0.4 is 0 Å². The predicted octanol–water partition coefficient (Wildman–Crippen LogP) is 8.99. The lowest BCUT2D eigenvalue weighted by molar-refractivity contribution is 1.08. The van der Waals surface area contributed by atoms with Gasteiger partial charge in [0.25, 0.3) is 0 Å². The number of hydrogen-bond acceptors (Lipinski definition) is 3. The maximum Gasteiger partial charge on any atom is 0.164 e. The summed E-state index contributed by atoms with van der Waals surface area (Å²) >= 11 is 6.35. The minimum absolute atomic E-state index is 0.591. The van der Waals surface area contributed by atoms with Gasteiger partial charge < -0.3 is 0 Å². The largest absolute Gasteiger partial charge is 0.208 e. The second kappa shape index (κ2) is 8.81. The normalized spacial score (nSPS) is 11.4. The van der Waals surface area contributed by atoms with Crippen LogP contribution in [0.15, 0.2) is 121 Å². The second-order valence-electron chi connectivity index (χ2n) is 9.07. The van der Waals surface area contributed by atoms with Gasteiger partial charge >= 0.3 is 0 Å². The van der Waals surface area contributed by atoms with E-state index in [0.717, 1.165) is 32.8 Å². The van der Waals surface area contributed by atoms with E-state index in [-0.39, 0.29) is 0 Å². The maximum atomic E-state index is 6.35. The Bertz CT molecular complexity index is 1960. The standard InChI is InChI=1S/C33H20ClN3/c34-27-12-5-11-25(20-27)31-35-32(26-18-15-21-7-1-2-9-24(21)19-26)37-33(36-31)29-14-6-10-23-17-16-22-8-3-4-13-28(22)30(23)29/h1-20H. The molecule has 0 atom stereocenters. The first-order valence-corrected chi connectivity index (χ1v) is 12.5. The number of hydrogen-bond donors (Lipinski definition) is 0. The van der Waals surface area contributed by atoms with Gasteiger partial charge in [0.15, 0.2) is 17.5 Å². The van der Waals surface area contributed by atoms with Crippen molar-refractivity contribution < 1.29 is 0 Å². The van der Waals surface area contributed by atoms with E-state index in [9.17, 15) is 0 Å². The molecule has 0 aliphatic rings. The van der Waals surface area contributed by atoms with E-state index >= 15 is 0 Å². The van der Waals surface area contributed by atoms with E-state index in [1.807, 2.05) is 36.4 Å². The van der Waals surface area contributed by atoms with Gasteiger partial charge in [-0.2, -0.15) is 0 Å². The molecule has 7 rings (SSSR count). The number of nitrogens with zero attached hydrogens (tertiary/aromatic N) is 3. The van der Waals surface area contributed by atoms with Gasteiger partial charge in [-0.3, -0.25) is 0 Å². The molecule has 0 radical (unpaired) electrons. The molecule has 0 bridgehead atoms. The lowest BCUT2D eigenvalue weighted by Crippen LogP contribution is -2.00. The van der Waals surface area contributed by atoms with Crippen molar-refractivity contribution in [2.24, 2.45) is 0 Å². The second-order valence-corrected chi connectivity index (χ2v) is 9.51. The summed E-state index contributed by atoms with van der Waals surface area (Å²) in [6, 6.07) is 41.3. The van der Waals surface area contributed by atoms with Crippen LogP contribution in [0.1, 0.15) is 0 Å². The first-order valence-electron chi connectivity index (χ1n) is 12.1. The van der Waals surface area contributed by atoms with Crippen LogP contribution in [0.4, 0.5) is 0 Å². The fourth-order valence-electron chi connectivity index (χ4n) is 4.96. The molecule has 4 heteroatoms. The molecular formula is C33H20ClN3. The third kappa shape index (κ3) is 3.90. The Labute approximate surface area is 219 Å². The van der Waals surface area contributed by atoms with Gasteiger partial charge in [0, 0.05) is 27.1 Å². The topological polar surface area (TPSA) is 38.7 Å². The summed E-state index contributed by atoms with van der Waals surface area (Å²) in [5, 5.41) is 7.59. The van der Waals surface area contributed by atoms with Crippen LogP contribution in [-0.2, 0) is 0 Å². The highest BCUT2D eigenvalue weighted by molar-refractivity contribution is 6.30. The maximum absolute atomic E-state index is 6.35. The van der Waals surface area contributed by atoms with Crippen molar-refractivity contribution in [1.29, 1.82) is 0 Å². The lowest BCUT2D eigenvalue weighted by Gasteiger charge is -2.12. The van der Waals surface area contributed by atoms with Gasteiger partial charge in [0.05, 0.1) is 0 Å². The lowest BCUT2D eigenvalue weighted by atomic mass is 9.97. The zero-order chi connectivity index (χ0) is 24.8. The molecule has 0 unspecified atom stereocenters. The Morgan fingerprint density at radius 2 is 1.05 bits per heavy atom. The summed E-state index contributed by atoms with van der Waals surface area (Å²) in [7, 11) is 0. The van der Waals surface area contributed by atoms with Gasteiger partial charge in [0.1, 0.15) is 0 Å². The highest BCUT2D eigenvalue weighted by Gasteiger charge is 2.16. The molecule has 1 aromatic heterocycles. The van der Waals surface area contributed by atoms with E-state index in [1.54, 1.807) is 0 Å². The molecular weight excluding hydrogens is 474 g/mol. The van der Waals surface area contributed by atoms with Crippen LogP contribution in [0.25, 0.3) is 66.5 Å². The summed E-state index contributed by atoms with van der Waals surface area (Å²) in [6.07, 6.45) is 0. The molecule has 0 amide bonds. The molecule has 0 N–H and O–H groups in total. The Balaban J connectivity index is 1.52. The highest BCUT2D eigenvalue weighted by atomic mass is 35.5. The number of halogens is 1. The number of aromatic nitrogens is 3. The smallest absolute Gasteiger partial charge is 0.164 e. The van der Waals surface area contributed by atoms with E-state index in [2.05, 4.69) is 84.9 Å². The van der Waals surface area contributed by atoms with Crippen LogP contribution in [0.2, 0.25) is 5.02 Å². The molecule has 0 aliphatic carbocycles. The summed E-state index contributed by atoms with van der Waals surface area (Å²) < 4.78 is 0. The minimum atomic E-state index is 0.591. The van der Waals surface area contributed by atoms with Crippen molar-refractivity contribution in [3.05, 3.63) is 126 Å². The molecule has 174 valence electrons. The summed E-state index contributed by atoms with van der Waals surface area (Å²) in [5.74, 6) is 1.85. The van der Waals surface area contributed by atoms with Crippen LogP contribution in [-0.4, -0.2) is 15.0 Å². The van der Waals surface area contributed by atoms with Gasteiger partial charge in [-0.1, -0.05) is 115 Å². The molecule has 1 heterocycles. The van der Waals surface area contributed by atoms with E-state index in [0.29, 0.717) is 22.5 Å². The Morgan fingerprint density at radius 1 is 0.432 bits per heavy atom. The highest BCUT2D eigenvalue weighted by Crippen LogP contribution is 2.35. The summed E-state index contributed by atoms with van der Waals surface area (Å²) in [4.78, 5) is 14.9. The van der Waals surface area contributed by atoms with Crippen LogP contribution >= 0.6 is 11.6 Å². The quantitative estimate of drug-likeness (QED) is 0.230. The number of rotatable bonds is 3. The monoisotopic (exact) mass is 493 g/mol. The van der Waals surface area contributed by atoms with Crippen molar-refractivity contribution in [3.8, 4) is 34.2 Å². The third-order valence-corrected chi connectivity index (χ3v) is 6.97. The van der Waals surface area contributed by atoms with Gasteiger partial charge in [0.2, 0.25) is 0 Å². The van der Waals surface area contributed by atoms with Crippen LogP contribution in [0.3, 0.4) is 0 Å². The average molecular weight is 494 g/mol. The third-order valence-electron chi connectivity index (χ3n) is 6.74. The average Bonchev–Trinajstić information content (AvgIpc) is 2.96. The summed E-state index contributed by atoms with van der Waals surface area (Å²) in [6.45, 7) is 0. The van der Waals surface area contributed by atoms with Gasteiger partial charge in [-0.15, -0.1) is 0 Å². The molecule has 0 saturated carbocycles. The van der Waals surface area contributed by atoms with E-state index in [4.69, 9.17) is 26.6 Å². The predicted molar refractivity (Wildman–Crippen MR) is 154 cm³/mol. The van der Waals surface area contributed by atoms with Gasteiger partial charge in [-0.05, 0) is 45.1 Å². The molecule has 0 saturated heterocycles. The molecule has 0 spiro atoms. The van der Waals surface area contributed by atoms with Crippen molar-refractivity contribution in [2.45, 2.75) is 0 Å². The van der Waals surface area contributed by atoms with E-state index in [1.165, 1.54) is 16.2 Å². The SMILES string of the molecule is Clc1cccc(-c2nc(-c3ccc4ccccc4c3)nc(-c3cccc4ccc5ccccc5c34)n2)c1. The zero-order valence-corrected chi connectivity index (χ0v) is 20.5. The Kier molecular flexibility index (Phi) is 5.16. The minimum Gasteiger partial charge on any atom is -0.208 e. The van der Waals surface area contributed by atoms with Gasteiger partial charge in [-0.25, -0.2) is 15.0 Å². The fourth-order valence-corrected chi connectivity index (χ4v) is 5.15. The molecule has 7 aromatic rings. The molecule has 6 aromatic carbocycles. The molecule has 37 heavy (non-hydrogen) atoms. The van der Waals surface area contributed by atoms with Crippen LogP contribution in [0, 0.1) is 0 Å². The Morgan fingerprint density at radius 3 is 1.89 bits per heavy atom. The fraction of sp³-hybridized carbons (Fsp3) is 0. The number of fused-ring (bicyclic) bond motifs is 4. The first-order chi connectivity index (χ1) is 18.2. The van der Waals surface area contributed by atoms with Crippen LogP contribution in [0.5, 0.6) is 0 Å². The van der Waals surface area contributed by atoms with Crippen molar-refractivity contribution in [1.82, 2.24) is 15.0 Å². The molecule has 0 fully saturated rings. The zero-order valence-electron chi connectivity index (χ0n) is 19.8. The van der Waals surface area contributed by atoms with E-state index < -0.39 is 0 Å². The Hall–Kier alpha value is -4.60. The number of benzene rings is 6. The van der Waals surface area contributed by atoms with Crippen molar-refractivity contribution >= 4 is 43.9 Å². The molecule has 0 aliphatic heterocycles. The first kappa shape index (κ1) is 21.7.